The number of carbonyl (C=O) groups is 2. The third-order valence-corrected chi connectivity index (χ3v) is 3.55. The molecule has 0 fully saturated rings. The van der Waals surface area contributed by atoms with Gasteiger partial charge in [0.15, 0.2) is 0 Å². The Morgan fingerprint density at radius 3 is 2.36 bits per heavy atom. The van der Waals surface area contributed by atoms with E-state index in [4.69, 9.17) is 0 Å². The Morgan fingerprint density at radius 2 is 1.60 bits per heavy atom. The zero-order valence-electron chi connectivity index (χ0n) is 14.2. The van der Waals surface area contributed by atoms with Crippen molar-refractivity contribution in [3.63, 3.8) is 0 Å². The maximum Gasteiger partial charge on any atom is 0.251 e. The number of amides is 2. The second-order valence-electron chi connectivity index (χ2n) is 5.57. The largest absolute Gasteiger partial charge is 0.370 e. The van der Waals surface area contributed by atoms with E-state index in [0.29, 0.717) is 31.5 Å². The number of hydrogen-bond donors (Lipinski definition) is 3. The van der Waals surface area contributed by atoms with Gasteiger partial charge in [-0.1, -0.05) is 24.3 Å². The summed E-state index contributed by atoms with van der Waals surface area (Å²) in [5.74, 6) is 0.733. The van der Waals surface area contributed by atoms with Gasteiger partial charge >= 0.3 is 0 Å². The predicted octanol–water partition coefficient (Wildman–Crippen LogP) is 2.21. The first-order chi connectivity index (χ1) is 12.3. The standard InChI is InChI=1S/C19H24N4O2/c24-18(22-15-7-14-21-17-10-4-5-12-20-17)11-6-13-23-19(25)16-8-2-1-3-9-16/h1-5,8-10,12H,6-7,11,13-15H2,(H,20,21)(H,22,24)(H,23,25). The SMILES string of the molecule is O=C(CCCNC(=O)c1ccccc1)NCCCNc1ccccn1. The van der Waals surface area contributed by atoms with Crippen LogP contribution in [0.15, 0.2) is 54.7 Å². The molecule has 6 heteroatoms. The Kier molecular flexibility index (Phi) is 7.97. The molecular formula is C19H24N4O2. The fourth-order valence-corrected chi connectivity index (χ4v) is 2.23. The second-order valence-corrected chi connectivity index (χ2v) is 5.57. The summed E-state index contributed by atoms with van der Waals surface area (Å²) >= 11 is 0. The normalized spacial score (nSPS) is 10.1. The smallest absolute Gasteiger partial charge is 0.251 e. The van der Waals surface area contributed by atoms with Crippen molar-refractivity contribution in [2.45, 2.75) is 19.3 Å². The van der Waals surface area contributed by atoms with E-state index in [2.05, 4.69) is 20.9 Å². The van der Waals surface area contributed by atoms with Crippen LogP contribution in [0.1, 0.15) is 29.6 Å². The van der Waals surface area contributed by atoms with Crippen LogP contribution < -0.4 is 16.0 Å². The van der Waals surface area contributed by atoms with Gasteiger partial charge in [0.25, 0.3) is 5.91 Å². The van der Waals surface area contributed by atoms with Gasteiger partial charge in [-0.3, -0.25) is 9.59 Å². The number of nitrogens with one attached hydrogen (secondary N) is 3. The molecule has 2 amide bonds. The molecule has 1 heterocycles. The minimum atomic E-state index is -0.110. The van der Waals surface area contributed by atoms with Crippen LogP contribution >= 0.6 is 0 Å². The van der Waals surface area contributed by atoms with E-state index >= 15 is 0 Å². The summed E-state index contributed by atoms with van der Waals surface area (Å²) in [6.07, 6.45) is 3.59. The highest BCUT2D eigenvalue weighted by Crippen LogP contribution is 1.99. The van der Waals surface area contributed by atoms with Gasteiger partial charge in [-0.15, -0.1) is 0 Å². The Hall–Kier alpha value is -2.89. The van der Waals surface area contributed by atoms with E-state index in [1.807, 2.05) is 36.4 Å². The van der Waals surface area contributed by atoms with Crippen molar-refractivity contribution in [3.8, 4) is 0 Å². The summed E-state index contributed by atoms with van der Waals surface area (Å²) in [7, 11) is 0. The van der Waals surface area contributed by atoms with Gasteiger partial charge in [-0.25, -0.2) is 4.98 Å². The lowest BCUT2D eigenvalue weighted by atomic mass is 10.2. The highest BCUT2D eigenvalue weighted by Gasteiger charge is 2.04. The van der Waals surface area contributed by atoms with Crippen LogP contribution in [0.3, 0.4) is 0 Å². The number of carbonyl (C=O) groups excluding carboxylic acids is 2. The molecule has 25 heavy (non-hydrogen) atoms. The summed E-state index contributed by atoms with van der Waals surface area (Å²) in [4.78, 5) is 27.7. The summed E-state index contributed by atoms with van der Waals surface area (Å²) in [5, 5.41) is 8.88. The van der Waals surface area contributed by atoms with Gasteiger partial charge in [0.1, 0.15) is 5.82 Å². The van der Waals surface area contributed by atoms with Gasteiger partial charge < -0.3 is 16.0 Å². The number of pyridine rings is 1. The van der Waals surface area contributed by atoms with Gasteiger partial charge in [-0.2, -0.15) is 0 Å². The first-order valence-corrected chi connectivity index (χ1v) is 8.50. The minimum Gasteiger partial charge on any atom is -0.370 e. The molecule has 2 aromatic rings. The molecule has 0 spiro atoms. The van der Waals surface area contributed by atoms with Crippen LogP contribution in [0.25, 0.3) is 0 Å². The molecule has 0 aliphatic carbocycles. The number of aromatic nitrogens is 1. The third kappa shape index (κ3) is 7.48. The summed E-state index contributed by atoms with van der Waals surface area (Å²) < 4.78 is 0. The van der Waals surface area contributed by atoms with E-state index in [1.165, 1.54) is 0 Å². The molecule has 0 unspecified atom stereocenters. The van der Waals surface area contributed by atoms with Crippen LogP contribution in [0, 0.1) is 0 Å². The Balaban J connectivity index is 1.48. The lowest BCUT2D eigenvalue weighted by molar-refractivity contribution is -0.121. The number of rotatable bonds is 10. The number of hydrogen-bond acceptors (Lipinski definition) is 4. The fraction of sp³-hybridized carbons (Fsp3) is 0.316. The van der Waals surface area contributed by atoms with Gasteiger partial charge in [0, 0.05) is 37.8 Å². The maximum atomic E-state index is 11.8. The zero-order chi connectivity index (χ0) is 17.7. The molecule has 0 bridgehead atoms. The molecule has 2 rings (SSSR count). The molecule has 0 aliphatic rings. The highest BCUT2D eigenvalue weighted by molar-refractivity contribution is 5.94. The summed E-state index contributed by atoms with van der Waals surface area (Å²) in [6, 6.07) is 14.7. The topological polar surface area (TPSA) is 83.1 Å². The lowest BCUT2D eigenvalue weighted by Crippen LogP contribution is -2.28. The molecule has 0 aliphatic heterocycles. The summed E-state index contributed by atoms with van der Waals surface area (Å²) in [5.41, 5.74) is 0.632. The molecule has 132 valence electrons. The van der Waals surface area contributed by atoms with Crippen LogP contribution in [0.2, 0.25) is 0 Å². The fourth-order valence-electron chi connectivity index (χ4n) is 2.23. The van der Waals surface area contributed by atoms with Crippen molar-refractivity contribution >= 4 is 17.6 Å². The summed E-state index contributed by atoms with van der Waals surface area (Å²) in [6.45, 7) is 1.86. The first kappa shape index (κ1) is 18.4. The lowest BCUT2D eigenvalue weighted by Gasteiger charge is -2.08. The van der Waals surface area contributed by atoms with E-state index in [0.717, 1.165) is 18.8 Å². The average molecular weight is 340 g/mol. The van der Waals surface area contributed by atoms with E-state index in [1.54, 1.807) is 18.3 Å². The van der Waals surface area contributed by atoms with Crippen molar-refractivity contribution in [1.29, 1.82) is 0 Å². The van der Waals surface area contributed by atoms with Crippen molar-refractivity contribution in [2.75, 3.05) is 25.0 Å². The van der Waals surface area contributed by atoms with Crippen LogP contribution in [0.4, 0.5) is 5.82 Å². The Labute approximate surface area is 148 Å². The number of benzene rings is 1. The molecule has 0 radical (unpaired) electrons. The van der Waals surface area contributed by atoms with Crippen molar-refractivity contribution in [1.82, 2.24) is 15.6 Å². The van der Waals surface area contributed by atoms with Gasteiger partial charge in [0.05, 0.1) is 0 Å². The Bertz CT molecular complexity index is 647. The van der Waals surface area contributed by atoms with E-state index < -0.39 is 0 Å². The van der Waals surface area contributed by atoms with Crippen LogP contribution in [-0.4, -0.2) is 36.4 Å². The molecule has 1 aromatic heterocycles. The molecule has 3 N–H and O–H groups in total. The van der Waals surface area contributed by atoms with Gasteiger partial charge in [0.2, 0.25) is 5.91 Å². The maximum absolute atomic E-state index is 11.8. The molecule has 6 nitrogen and oxygen atoms in total. The predicted molar refractivity (Wildman–Crippen MR) is 98.4 cm³/mol. The molecule has 0 saturated carbocycles. The van der Waals surface area contributed by atoms with Crippen LogP contribution in [-0.2, 0) is 4.79 Å². The molecular weight excluding hydrogens is 316 g/mol. The monoisotopic (exact) mass is 340 g/mol. The van der Waals surface area contributed by atoms with E-state index in [-0.39, 0.29) is 11.8 Å². The number of anilines is 1. The highest BCUT2D eigenvalue weighted by atomic mass is 16.2. The van der Waals surface area contributed by atoms with Gasteiger partial charge in [-0.05, 0) is 37.1 Å². The van der Waals surface area contributed by atoms with Crippen LogP contribution in [0.5, 0.6) is 0 Å². The quantitative estimate of drug-likeness (QED) is 0.579. The van der Waals surface area contributed by atoms with Crippen molar-refractivity contribution in [2.24, 2.45) is 0 Å². The van der Waals surface area contributed by atoms with Crippen molar-refractivity contribution in [3.05, 3.63) is 60.3 Å². The third-order valence-electron chi connectivity index (χ3n) is 3.55. The minimum absolute atomic E-state index is 0.00629. The average Bonchev–Trinajstić information content (AvgIpc) is 2.66. The van der Waals surface area contributed by atoms with E-state index in [9.17, 15) is 9.59 Å². The van der Waals surface area contributed by atoms with Crippen molar-refractivity contribution < 1.29 is 9.59 Å². The second kappa shape index (κ2) is 10.8. The number of nitrogens with zero attached hydrogens (tertiary/aromatic N) is 1. The molecule has 1 aromatic carbocycles. The first-order valence-electron chi connectivity index (χ1n) is 8.50. The Morgan fingerprint density at radius 1 is 0.840 bits per heavy atom. The molecule has 0 atom stereocenters. The molecule has 0 saturated heterocycles. The zero-order valence-corrected chi connectivity index (χ0v) is 14.2.